The number of hydrogen-bond donors (Lipinski definition) is 2. The second-order valence-electron chi connectivity index (χ2n) is 4.30. The molecule has 0 bridgehead atoms. The van der Waals surface area contributed by atoms with Crippen LogP contribution in [0.3, 0.4) is 0 Å². The van der Waals surface area contributed by atoms with Gasteiger partial charge in [0, 0.05) is 28.6 Å². The van der Waals surface area contributed by atoms with E-state index in [0.29, 0.717) is 18.0 Å². The Kier molecular flexibility index (Phi) is 7.94. The summed E-state index contributed by atoms with van der Waals surface area (Å²) in [5.41, 5.74) is 0. The molecule has 0 aromatic heterocycles. The highest BCUT2D eigenvalue weighted by atomic mass is 35.5. The molecule has 0 spiro atoms. The molecule has 19 heavy (non-hydrogen) atoms. The molecule has 0 aliphatic heterocycles. The number of amides is 1. The van der Waals surface area contributed by atoms with Crippen LogP contribution in [-0.2, 0) is 4.79 Å². The number of hydrogen-bond acceptors (Lipinski definition) is 3. The molecule has 1 unspecified atom stereocenters. The average molecular weight is 302 g/mol. The van der Waals surface area contributed by atoms with E-state index >= 15 is 0 Å². The summed E-state index contributed by atoms with van der Waals surface area (Å²) in [4.78, 5) is 12.6. The summed E-state index contributed by atoms with van der Waals surface area (Å²) in [5.74, 6) is 0.703. The fraction of sp³-hybridized carbons (Fsp3) is 0.500. The van der Waals surface area contributed by atoms with Crippen molar-refractivity contribution in [3.05, 3.63) is 29.3 Å². The van der Waals surface area contributed by atoms with Crippen LogP contribution in [0.15, 0.2) is 29.2 Å². The molecule has 1 aromatic rings. The lowest BCUT2D eigenvalue weighted by Gasteiger charge is -2.10. The third-order valence-electron chi connectivity index (χ3n) is 2.57. The van der Waals surface area contributed by atoms with Crippen LogP contribution >= 0.6 is 23.4 Å². The number of benzene rings is 1. The molecule has 0 heterocycles. The number of aliphatic hydroxyl groups is 1. The van der Waals surface area contributed by atoms with E-state index in [-0.39, 0.29) is 5.91 Å². The summed E-state index contributed by atoms with van der Waals surface area (Å²) in [7, 11) is 0. The lowest BCUT2D eigenvalue weighted by molar-refractivity contribution is -0.121. The van der Waals surface area contributed by atoms with E-state index in [1.165, 1.54) is 0 Å². The van der Waals surface area contributed by atoms with Gasteiger partial charge >= 0.3 is 0 Å². The quantitative estimate of drug-likeness (QED) is 0.725. The van der Waals surface area contributed by atoms with Gasteiger partial charge in [-0.2, -0.15) is 0 Å². The number of nitrogens with one attached hydrogen (secondary N) is 1. The predicted molar refractivity (Wildman–Crippen MR) is 80.7 cm³/mol. The van der Waals surface area contributed by atoms with Crippen molar-refractivity contribution in [3.8, 4) is 0 Å². The Labute approximate surface area is 123 Å². The summed E-state index contributed by atoms with van der Waals surface area (Å²) >= 11 is 7.42. The van der Waals surface area contributed by atoms with Gasteiger partial charge in [0.1, 0.15) is 0 Å². The molecule has 0 saturated heterocycles. The Bertz CT molecular complexity index is 384. The van der Waals surface area contributed by atoms with E-state index in [4.69, 9.17) is 11.6 Å². The summed E-state index contributed by atoms with van der Waals surface area (Å²) in [6.07, 6.45) is 1.66. The first-order valence-electron chi connectivity index (χ1n) is 6.45. The van der Waals surface area contributed by atoms with E-state index in [2.05, 4.69) is 5.32 Å². The lowest BCUT2D eigenvalue weighted by Crippen LogP contribution is -2.32. The monoisotopic (exact) mass is 301 g/mol. The fourth-order valence-electron chi connectivity index (χ4n) is 1.55. The first-order chi connectivity index (χ1) is 9.11. The van der Waals surface area contributed by atoms with Gasteiger partial charge in [0.25, 0.3) is 0 Å². The highest BCUT2D eigenvalue weighted by molar-refractivity contribution is 7.99. The first kappa shape index (κ1) is 16.3. The molecule has 5 heteroatoms. The summed E-state index contributed by atoms with van der Waals surface area (Å²) in [6.45, 7) is 2.35. The Morgan fingerprint density at radius 3 is 2.74 bits per heavy atom. The van der Waals surface area contributed by atoms with Crippen molar-refractivity contribution in [2.24, 2.45) is 0 Å². The van der Waals surface area contributed by atoms with Crippen molar-refractivity contribution in [2.75, 3.05) is 12.3 Å². The minimum absolute atomic E-state index is 0.0170. The highest BCUT2D eigenvalue weighted by Gasteiger charge is 2.06. The molecule has 1 atom stereocenters. The van der Waals surface area contributed by atoms with Gasteiger partial charge < -0.3 is 10.4 Å². The fourth-order valence-corrected chi connectivity index (χ4v) is 2.53. The number of thioether (sulfide) groups is 1. The largest absolute Gasteiger partial charge is 0.391 e. The van der Waals surface area contributed by atoms with Crippen LogP contribution in [0.2, 0.25) is 5.02 Å². The summed E-state index contributed by atoms with van der Waals surface area (Å²) in [6, 6.07) is 7.56. The van der Waals surface area contributed by atoms with Crippen LogP contribution in [0.4, 0.5) is 0 Å². The molecule has 0 aliphatic carbocycles. The van der Waals surface area contributed by atoms with Crippen LogP contribution in [0.1, 0.15) is 26.2 Å². The molecule has 3 nitrogen and oxygen atoms in total. The number of rotatable bonds is 8. The van der Waals surface area contributed by atoms with Crippen molar-refractivity contribution in [3.63, 3.8) is 0 Å². The Morgan fingerprint density at radius 1 is 1.42 bits per heavy atom. The van der Waals surface area contributed by atoms with E-state index < -0.39 is 6.10 Å². The zero-order chi connectivity index (χ0) is 14.1. The van der Waals surface area contributed by atoms with E-state index in [0.717, 1.165) is 23.5 Å². The van der Waals surface area contributed by atoms with Gasteiger partial charge in [-0.25, -0.2) is 0 Å². The van der Waals surface area contributed by atoms with Gasteiger partial charge in [0.2, 0.25) is 5.91 Å². The van der Waals surface area contributed by atoms with E-state index in [1.54, 1.807) is 11.8 Å². The number of carbonyl (C=O) groups is 1. The van der Waals surface area contributed by atoms with Crippen molar-refractivity contribution >= 4 is 29.3 Å². The third kappa shape index (κ3) is 7.45. The SMILES string of the molecule is CCCC(O)CNC(=O)CCSc1ccc(Cl)cc1. The Hall–Kier alpha value is -0.710. The maximum atomic E-state index is 11.5. The Balaban J connectivity index is 2.15. The minimum atomic E-state index is -0.433. The Morgan fingerprint density at radius 2 is 2.11 bits per heavy atom. The second-order valence-corrected chi connectivity index (χ2v) is 5.90. The van der Waals surface area contributed by atoms with Crippen LogP contribution in [0.5, 0.6) is 0 Å². The standard InChI is InChI=1S/C14H20ClNO2S/c1-2-3-12(17)10-16-14(18)8-9-19-13-6-4-11(15)5-7-13/h4-7,12,17H,2-3,8-10H2,1H3,(H,16,18). The number of halogens is 1. The average Bonchev–Trinajstić information content (AvgIpc) is 2.39. The molecular weight excluding hydrogens is 282 g/mol. The van der Waals surface area contributed by atoms with Crippen molar-refractivity contribution in [1.82, 2.24) is 5.32 Å². The normalized spacial score (nSPS) is 12.2. The van der Waals surface area contributed by atoms with Gasteiger partial charge in [-0.3, -0.25) is 4.79 Å². The van der Waals surface area contributed by atoms with Gasteiger partial charge in [-0.1, -0.05) is 24.9 Å². The molecule has 1 rings (SSSR count). The topological polar surface area (TPSA) is 49.3 Å². The molecule has 2 N–H and O–H groups in total. The second kappa shape index (κ2) is 9.23. The zero-order valence-corrected chi connectivity index (χ0v) is 12.6. The van der Waals surface area contributed by atoms with Crippen LogP contribution in [0.25, 0.3) is 0 Å². The maximum Gasteiger partial charge on any atom is 0.220 e. The molecule has 1 aromatic carbocycles. The van der Waals surface area contributed by atoms with Crippen LogP contribution in [0, 0.1) is 0 Å². The number of aliphatic hydroxyl groups excluding tert-OH is 1. The molecule has 1 amide bonds. The van der Waals surface area contributed by atoms with Gasteiger partial charge in [-0.15, -0.1) is 11.8 Å². The molecule has 0 radical (unpaired) electrons. The van der Waals surface area contributed by atoms with Crippen LogP contribution in [-0.4, -0.2) is 29.4 Å². The smallest absolute Gasteiger partial charge is 0.220 e. The third-order valence-corrected chi connectivity index (χ3v) is 3.83. The lowest BCUT2D eigenvalue weighted by atomic mass is 10.2. The molecule has 0 aliphatic rings. The molecule has 106 valence electrons. The van der Waals surface area contributed by atoms with Crippen LogP contribution < -0.4 is 5.32 Å². The van der Waals surface area contributed by atoms with Gasteiger partial charge in [-0.05, 0) is 30.7 Å². The summed E-state index contributed by atoms with van der Waals surface area (Å²) in [5, 5.41) is 12.9. The van der Waals surface area contributed by atoms with E-state index in [1.807, 2.05) is 31.2 Å². The number of carbonyl (C=O) groups excluding carboxylic acids is 1. The minimum Gasteiger partial charge on any atom is -0.391 e. The highest BCUT2D eigenvalue weighted by Crippen LogP contribution is 2.20. The van der Waals surface area contributed by atoms with Gasteiger partial charge in [0.15, 0.2) is 0 Å². The van der Waals surface area contributed by atoms with E-state index in [9.17, 15) is 9.90 Å². The maximum absolute atomic E-state index is 11.5. The van der Waals surface area contributed by atoms with Crippen molar-refractivity contribution in [2.45, 2.75) is 37.2 Å². The molecule has 0 saturated carbocycles. The predicted octanol–water partition coefficient (Wildman–Crippen LogP) is 3.10. The zero-order valence-electron chi connectivity index (χ0n) is 11.1. The first-order valence-corrected chi connectivity index (χ1v) is 7.81. The molecule has 0 fully saturated rings. The van der Waals surface area contributed by atoms with Crippen molar-refractivity contribution in [1.29, 1.82) is 0 Å². The van der Waals surface area contributed by atoms with Crippen molar-refractivity contribution < 1.29 is 9.90 Å². The molecular formula is C14H20ClNO2S. The summed E-state index contributed by atoms with van der Waals surface area (Å²) < 4.78 is 0. The van der Waals surface area contributed by atoms with Gasteiger partial charge in [0.05, 0.1) is 6.10 Å².